The van der Waals surface area contributed by atoms with Crippen molar-refractivity contribution >= 4 is 0 Å². The summed E-state index contributed by atoms with van der Waals surface area (Å²) in [5.74, 6) is 5.76. The summed E-state index contributed by atoms with van der Waals surface area (Å²) in [6.45, 7) is 1.07. The highest BCUT2D eigenvalue weighted by Crippen LogP contribution is 2.05. The van der Waals surface area contributed by atoms with Crippen LogP contribution >= 0.6 is 0 Å². The van der Waals surface area contributed by atoms with Crippen molar-refractivity contribution in [2.45, 2.75) is 13.2 Å². The molecule has 88 valence electrons. The van der Waals surface area contributed by atoms with E-state index >= 15 is 0 Å². The average molecular weight is 228 g/mol. The third-order valence-electron chi connectivity index (χ3n) is 2.42. The van der Waals surface area contributed by atoms with Crippen molar-refractivity contribution in [3.8, 4) is 0 Å². The zero-order valence-electron chi connectivity index (χ0n) is 9.62. The molecule has 0 saturated heterocycles. The van der Waals surface area contributed by atoms with Crippen molar-refractivity contribution in [2.24, 2.45) is 5.84 Å². The van der Waals surface area contributed by atoms with Crippen molar-refractivity contribution in [3.05, 3.63) is 71.8 Å². The summed E-state index contributed by atoms with van der Waals surface area (Å²) in [7, 11) is 0. The summed E-state index contributed by atoms with van der Waals surface area (Å²) in [4.78, 5) is 5.44. The highest BCUT2D eigenvalue weighted by Gasteiger charge is 2.01. The van der Waals surface area contributed by atoms with Crippen molar-refractivity contribution in [3.63, 3.8) is 0 Å². The molecule has 2 rings (SSSR count). The summed E-state index contributed by atoms with van der Waals surface area (Å²) in [5, 5.41) is 1.36. The molecule has 3 heteroatoms. The van der Waals surface area contributed by atoms with Gasteiger partial charge in [-0.2, -0.15) is 0 Å². The quantitative estimate of drug-likeness (QED) is 0.631. The van der Waals surface area contributed by atoms with Crippen LogP contribution in [-0.4, -0.2) is 5.17 Å². The maximum Gasteiger partial charge on any atom is 0.0952 e. The number of hydrogen-bond acceptors (Lipinski definition) is 3. The fourth-order valence-corrected chi connectivity index (χ4v) is 1.54. The van der Waals surface area contributed by atoms with Crippen LogP contribution in [0.3, 0.4) is 0 Å². The molecule has 0 atom stereocenters. The summed E-state index contributed by atoms with van der Waals surface area (Å²) in [5.41, 5.74) is 2.24. The van der Waals surface area contributed by atoms with Crippen LogP contribution in [0.4, 0.5) is 0 Å². The van der Waals surface area contributed by atoms with Gasteiger partial charge in [0.25, 0.3) is 0 Å². The molecule has 0 unspecified atom stereocenters. The van der Waals surface area contributed by atoms with E-state index in [-0.39, 0.29) is 0 Å². The Morgan fingerprint density at radius 1 is 0.824 bits per heavy atom. The summed E-state index contributed by atoms with van der Waals surface area (Å²) < 4.78 is 0. The largest absolute Gasteiger partial charge is 0.279 e. The van der Waals surface area contributed by atoms with Crippen LogP contribution in [0, 0.1) is 0 Å². The van der Waals surface area contributed by atoms with Crippen LogP contribution < -0.4 is 5.84 Å². The molecule has 0 heterocycles. The molecule has 0 radical (unpaired) electrons. The lowest BCUT2D eigenvalue weighted by Crippen LogP contribution is -2.30. The van der Waals surface area contributed by atoms with Crippen LogP contribution in [-0.2, 0) is 18.0 Å². The molecule has 0 aliphatic rings. The lowest BCUT2D eigenvalue weighted by molar-refractivity contribution is -0.180. The molecular weight excluding hydrogens is 212 g/mol. The van der Waals surface area contributed by atoms with E-state index in [9.17, 15) is 0 Å². The van der Waals surface area contributed by atoms with Crippen LogP contribution in [0.5, 0.6) is 0 Å². The maximum absolute atomic E-state index is 5.76. The van der Waals surface area contributed by atoms with Crippen LogP contribution in [0.1, 0.15) is 11.1 Å². The van der Waals surface area contributed by atoms with E-state index in [1.54, 1.807) is 0 Å². The van der Waals surface area contributed by atoms with Crippen molar-refractivity contribution in [2.75, 3.05) is 0 Å². The first-order chi connectivity index (χ1) is 8.34. The van der Waals surface area contributed by atoms with E-state index in [4.69, 9.17) is 10.7 Å². The first kappa shape index (κ1) is 11.8. The van der Waals surface area contributed by atoms with Gasteiger partial charge in [-0.25, -0.2) is 5.84 Å². The van der Waals surface area contributed by atoms with E-state index in [0.29, 0.717) is 13.2 Å². The molecule has 0 amide bonds. The number of benzene rings is 2. The Balaban J connectivity index is 1.80. The van der Waals surface area contributed by atoms with E-state index in [0.717, 1.165) is 11.1 Å². The van der Waals surface area contributed by atoms with Gasteiger partial charge in [-0.3, -0.25) is 4.84 Å². The molecule has 3 nitrogen and oxygen atoms in total. The second-order valence-electron chi connectivity index (χ2n) is 3.82. The third-order valence-corrected chi connectivity index (χ3v) is 2.42. The topological polar surface area (TPSA) is 38.5 Å². The zero-order valence-corrected chi connectivity index (χ0v) is 9.62. The fraction of sp³-hybridized carbons (Fsp3) is 0.143. The SMILES string of the molecule is NN(Cc1ccccc1)OCc1ccccc1. The van der Waals surface area contributed by atoms with Crippen molar-refractivity contribution in [1.29, 1.82) is 0 Å². The first-order valence-electron chi connectivity index (χ1n) is 5.57. The number of hydroxylamine groups is 1. The van der Waals surface area contributed by atoms with Crippen LogP contribution in [0.2, 0.25) is 0 Å². The predicted molar refractivity (Wildman–Crippen MR) is 67.4 cm³/mol. The molecule has 2 aromatic carbocycles. The smallest absolute Gasteiger partial charge is 0.0952 e. The Bertz CT molecular complexity index is 430. The highest BCUT2D eigenvalue weighted by atomic mass is 16.7. The van der Waals surface area contributed by atoms with E-state index in [1.807, 2.05) is 60.7 Å². The number of nitrogens with zero attached hydrogens (tertiary/aromatic N) is 1. The molecule has 0 saturated carbocycles. The molecule has 0 bridgehead atoms. The minimum absolute atomic E-state index is 0.490. The van der Waals surface area contributed by atoms with Crippen molar-refractivity contribution < 1.29 is 4.84 Å². The normalized spacial score (nSPS) is 10.7. The van der Waals surface area contributed by atoms with Gasteiger partial charge in [0, 0.05) is 0 Å². The van der Waals surface area contributed by atoms with Gasteiger partial charge in [0.2, 0.25) is 0 Å². The average Bonchev–Trinajstić information content (AvgIpc) is 2.39. The van der Waals surface area contributed by atoms with Gasteiger partial charge < -0.3 is 0 Å². The minimum atomic E-state index is 0.490. The number of nitrogens with two attached hydrogens (primary N) is 1. The Morgan fingerprint density at radius 3 is 1.94 bits per heavy atom. The third kappa shape index (κ3) is 4.00. The van der Waals surface area contributed by atoms with Crippen LogP contribution in [0.25, 0.3) is 0 Å². The van der Waals surface area contributed by atoms with Gasteiger partial charge in [-0.05, 0) is 11.1 Å². The van der Waals surface area contributed by atoms with Gasteiger partial charge in [0.1, 0.15) is 0 Å². The lowest BCUT2D eigenvalue weighted by Gasteiger charge is -2.16. The van der Waals surface area contributed by atoms with Gasteiger partial charge >= 0.3 is 0 Å². The van der Waals surface area contributed by atoms with Gasteiger partial charge in [0.15, 0.2) is 0 Å². The Labute approximate surface area is 101 Å². The van der Waals surface area contributed by atoms with E-state index < -0.39 is 0 Å². The molecule has 2 N–H and O–H groups in total. The molecule has 0 aliphatic carbocycles. The summed E-state index contributed by atoms with van der Waals surface area (Å²) in [6, 6.07) is 20.0. The van der Waals surface area contributed by atoms with Crippen LogP contribution in [0.15, 0.2) is 60.7 Å². The molecule has 0 spiro atoms. The van der Waals surface area contributed by atoms with E-state index in [1.165, 1.54) is 5.17 Å². The second-order valence-corrected chi connectivity index (χ2v) is 3.82. The fourth-order valence-electron chi connectivity index (χ4n) is 1.54. The van der Waals surface area contributed by atoms with Gasteiger partial charge in [-0.15, -0.1) is 5.17 Å². The van der Waals surface area contributed by atoms with Gasteiger partial charge in [-0.1, -0.05) is 60.7 Å². The molecule has 0 aromatic heterocycles. The standard InChI is InChI=1S/C14H16N2O/c15-16(11-13-7-3-1-4-8-13)17-12-14-9-5-2-6-10-14/h1-10H,11-12,15H2. The van der Waals surface area contributed by atoms with Gasteiger partial charge in [0.05, 0.1) is 13.2 Å². The monoisotopic (exact) mass is 228 g/mol. The molecular formula is C14H16N2O. The molecule has 17 heavy (non-hydrogen) atoms. The molecule has 0 aliphatic heterocycles. The Kier molecular flexibility index (Phi) is 4.27. The second kappa shape index (κ2) is 6.15. The predicted octanol–water partition coefficient (Wildman–Crippen LogP) is 2.49. The lowest BCUT2D eigenvalue weighted by atomic mass is 10.2. The number of hydrogen-bond donors (Lipinski definition) is 1. The minimum Gasteiger partial charge on any atom is -0.279 e. The Morgan fingerprint density at radius 2 is 1.35 bits per heavy atom. The summed E-state index contributed by atoms with van der Waals surface area (Å²) >= 11 is 0. The van der Waals surface area contributed by atoms with Crippen molar-refractivity contribution in [1.82, 2.24) is 5.17 Å². The Hall–Kier alpha value is -1.68. The number of hydrazine groups is 1. The summed E-state index contributed by atoms with van der Waals surface area (Å²) in [6.07, 6.45) is 0. The zero-order chi connectivity index (χ0) is 11.9. The highest BCUT2D eigenvalue weighted by molar-refractivity contribution is 5.14. The molecule has 0 fully saturated rings. The number of rotatable bonds is 5. The first-order valence-corrected chi connectivity index (χ1v) is 5.57. The molecule has 2 aromatic rings. The maximum atomic E-state index is 5.76. The van der Waals surface area contributed by atoms with E-state index in [2.05, 4.69) is 0 Å².